The van der Waals surface area contributed by atoms with Gasteiger partial charge in [-0.1, -0.05) is 17.7 Å². The minimum atomic E-state index is 0.473. The van der Waals surface area contributed by atoms with Crippen molar-refractivity contribution in [2.45, 2.75) is 13.3 Å². The lowest BCUT2D eigenvalue weighted by Crippen LogP contribution is -1.79. The third-order valence-corrected chi connectivity index (χ3v) is 3.85. The molecule has 1 aromatic heterocycles. The molecule has 0 N–H and O–H groups in total. The first-order valence-corrected chi connectivity index (χ1v) is 5.52. The van der Waals surface area contributed by atoms with E-state index in [1.165, 1.54) is 10.1 Å². The van der Waals surface area contributed by atoms with Gasteiger partial charge in [0.25, 0.3) is 0 Å². The lowest BCUT2D eigenvalue weighted by molar-refractivity contribution is 1.30. The third kappa shape index (κ3) is 1.39. The normalized spacial score (nSPS) is 10.4. The molecule has 0 aliphatic rings. The number of fused-ring (bicyclic) bond motifs is 1. The van der Waals surface area contributed by atoms with Crippen LogP contribution in [0.3, 0.4) is 0 Å². The Morgan fingerprint density at radius 3 is 3.00 bits per heavy atom. The van der Waals surface area contributed by atoms with Gasteiger partial charge in [-0.15, -0.1) is 11.3 Å². The molecule has 0 spiro atoms. The van der Waals surface area contributed by atoms with Gasteiger partial charge in [0.05, 0.1) is 12.5 Å². The summed E-state index contributed by atoms with van der Waals surface area (Å²) in [4.78, 5) is 0. The van der Waals surface area contributed by atoms with Crippen LogP contribution in [0.2, 0.25) is 5.02 Å². The van der Waals surface area contributed by atoms with Crippen molar-refractivity contribution in [3.63, 3.8) is 0 Å². The first-order valence-electron chi connectivity index (χ1n) is 4.26. The molecule has 0 atom stereocenters. The van der Waals surface area contributed by atoms with Gasteiger partial charge < -0.3 is 0 Å². The molecule has 1 aromatic carbocycles. The van der Waals surface area contributed by atoms with Crippen LogP contribution in [0.25, 0.3) is 10.1 Å². The quantitative estimate of drug-likeness (QED) is 0.716. The van der Waals surface area contributed by atoms with Crippen molar-refractivity contribution in [1.29, 1.82) is 5.26 Å². The molecule has 70 valence electrons. The SMILES string of the molecule is Cc1c(Cl)ccc2c(CC#N)csc12. The summed E-state index contributed by atoms with van der Waals surface area (Å²) in [5.41, 5.74) is 2.21. The summed E-state index contributed by atoms with van der Waals surface area (Å²) in [6.45, 7) is 2.01. The summed E-state index contributed by atoms with van der Waals surface area (Å²) in [5, 5.41) is 12.6. The predicted molar refractivity (Wildman–Crippen MR) is 60.9 cm³/mol. The number of rotatable bonds is 1. The average molecular weight is 222 g/mol. The number of nitriles is 1. The molecule has 0 saturated carbocycles. The number of nitrogens with zero attached hydrogens (tertiary/aromatic N) is 1. The highest BCUT2D eigenvalue weighted by Gasteiger charge is 2.07. The van der Waals surface area contributed by atoms with E-state index in [1.807, 2.05) is 24.4 Å². The molecule has 0 fully saturated rings. The number of thiophene rings is 1. The van der Waals surface area contributed by atoms with E-state index >= 15 is 0 Å². The lowest BCUT2D eigenvalue weighted by Gasteiger charge is -1.99. The fraction of sp³-hybridized carbons (Fsp3) is 0.182. The van der Waals surface area contributed by atoms with E-state index in [2.05, 4.69) is 6.07 Å². The summed E-state index contributed by atoms with van der Waals surface area (Å²) in [6.07, 6.45) is 0.473. The van der Waals surface area contributed by atoms with Crippen LogP contribution in [-0.2, 0) is 6.42 Å². The second-order valence-electron chi connectivity index (χ2n) is 3.14. The molecule has 1 heterocycles. The molecular weight excluding hydrogens is 214 g/mol. The Morgan fingerprint density at radius 2 is 2.29 bits per heavy atom. The summed E-state index contributed by atoms with van der Waals surface area (Å²) in [5.74, 6) is 0. The average Bonchev–Trinajstić information content (AvgIpc) is 2.57. The lowest BCUT2D eigenvalue weighted by atomic mass is 10.1. The Hall–Kier alpha value is -1.04. The molecule has 0 radical (unpaired) electrons. The van der Waals surface area contributed by atoms with Crippen LogP contribution in [0.4, 0.5) is 0 Å². The van der Waals surface area contributed by atoms with Gasteiger partial charge in [-0.05, 0) is 34.9 Å². The maximum absolute atomic E-state index is 8.65. The number of hydrogen-bond donors (Lipinski definition) is 0. The van der Waals surface area contributed by atoms with Crippen LogP contribution in [0.5, 0.6) is 0 Å². The van der Waals surface area contributed by atoms with Crippen molar-refractivity contribution in [2.75, 3.05) is 0 Å². The fourth-order valence-corrected chi connectivity index (χ4v) is 2.78. The highest BCUT2D eigenvalue weighted by molar-refractivity contribution is 7.17. The van der Waals surface area contributed by atoms with E-state index in [9.17, 15) is 0 Å². The summed E-state index contributed by atoms with van der Waals surface area (Å²) >= 11 is 7.67. The van der Waals surface area contributed by atoms with Crippen LogP contribution in [0.1, 0.15) is 11.1 Å². The van der Waals surface area contributed by atoms with E-state index in [0.29, 0.717) is 6.42 Å². The highest BCUT2D eigenvalue weighted by Crippen LogP contribution is 2.32. The van der Waals surface area contributed by atoms with Crippen molar-refractivity contribution in [3.8, 4) is 6.07 Å². The summed E-state index contributed by atoms with van der Waals surface area (Å²) < 4.78 is 1.20. The van der Waals surface area contributed by atoms with E-state index < -0.39 is 0 Å². The summed E-state index contributed by atoms with van der Waals surface area (Å²) in [6, 6.07) is 6.06. The van der Waals surface area contributed by atoms with Gasteiger partial charge in [0.1, 0.15) is 0 Å². The van der Waals surface area contributed by atoms with E-state index in [0.717, 1.165) is 16.1 Å². The first-order chi connectivity index (χ1) is 6.74. The zero-order valence-electron chi connectivity index (χ0n) is 7.67. The zero-order valence-corrected chi connectivity index (χ0v) is 9.25. The minimum Gasteiger partial charge on any atom is -0.198 e. The molecular formula is C11H8ClNS. The molecule has 14 heavy (non-hydrogen) atoms. The smallest absolute Gasteiger partial charge is 0.0670 e. The van der Waals surface area contributed by atoms with Gasteiger partial charge in [0, 0.05) is 9.72 Å². The van der Waals surface area contributed by atoms with Gasteiger partial charge in [-0.2, -0.15) is 5.26 Å². The molecule has 2 rings (SSSR count). The van der Waals surface area contributed by atoms with Crippen molar-refractivity contribution in [1.82, 2.24) is 0 Å². The van der Waals surface area contributed by atoms with Gasteiger partial charge in [-0.3, -0.25) is 0 Å². The molecule has 2 aromatic rings. The molecule has 0 bridgehead atoms. The number of halogens is 1. The Balaban J connectivity index is 2.72. The van der Waals surface area contributed by atoms with Crippen LogP contribution in [-0.4, -0.2) is 0 Å². The molecule has 0 unspecified atom stereocenters. The first kappa shape index (κ1) is 9.51. The highest BCUT2D eigenvalue weighted by atomic mass is 35.5. The second kappa shape index (κ2) is 3.61. The molecule has 0 aliphatic heterocycles. The zero-order chi connectivity index (χ0) is 10.1. The topological polar surface area (TPSA) is 23.8 Å². The minimum absolute atomic E-state index is 0.473. The number of benzene rings is 1. The predicted octanol–water partition coefficient (Wildman–Crippen LogP) is 3.93. The standard InChI is InChI=1S/C11H8ClNS/c1-7-10(12)3-2-9-8(4-5-13)6-14-11(7)9/h2-3,6H,4H2,1H3. The van der Waals surface area contributed by atoms with Crippen molar-refractivity contribution < 1.29 is 0 Å². The number of aryl methyl sites for hydroxylation is 1. The third-order valence-electron chi connectivity index (χ3n) is 2.27. The van der Waals surface area contributed by atoms with Gasteiger partial charge in [0.2, 0.25) is 0 Å². The fourth-order valence-electron chi connectivity index (χ4n) is 1.49. The Labute approximate surface area is 91.5 Å². The van der Waals surface area contributed by atoms with Crippen molar-refractivity contribution in [3.05, 3.63) is 33.7 Å². The van der Waals surface area contributed by atoms with E-state index in [4.69, 9.17) is 16.9 Å². The molecule has 0 saturated heterocycles. The van der Waals surface area contributed by atoms with Crippen LogP contribution >= 0.6 is 22.9 Å². The second-order valence-corrected chi connectivity index (χ2v) is 4.43. The summed E-state index contributed by atoms with van der Waals surface area (Å²) in [7, 11) is 0. The molecule has 0 amide bonds. The van der Waals surface area contributed by atoms with Gasteiger partial charge in [-0.25, -0.2) is 0 Å². The maximum Gasteiger partial charge on any atom is 0.0670 e. The van der Waals surface area contributed by atoms with Crippen LogP contribution < -0.4 is 0 Å². The molecule has 3 heteroatoms. The van der Waals surface area contributed by atoms with Crippen LogP contribution in [0, 0.1) is 18.3 Å². The largest absolute Gasteiger partial charge is 0.198 e. The maximum atomic E-state index is 8.65. The molecule has 0 aliphatic carbocycles. The Morgan fingerprint density at radius 1 is 1.50 bits per heavy atom. The van der Waals surface area contributed by atoms with Gasteiger partial charge >= 0.3 is 0 Å². The Bertz CT molecular complexity index is 522. The van der Waals surface area contributed by atoms with E-state index in [1.54, 1.807) is 11.3 Å². The van der Waals surface area contributed by atoms with Crippen LogP contribution in [0.15, 0.2) is 17.5 Å². The number of hydrogen-bond acceptors (Lipinski definition) is 2. The monoisotopic (exact) mass is 221 g/mol. The molecule has 1 nitrogen and oxygen atoms in total. The Kier molecular flexibility index (Phi) is 2.45. The van der Waals surface area contributed by atoms with Crippen molar-refractivity contribution in [2.24, 2.45) is 0 Å². The van der Waals surface area contributed by atoms with E-state index in [-0.39, 0.29) is 0 Å². The van der Waals surface area contributed by atoms with Crippen molar-refractivity contribution >= 4 is 33.0 Å². The van der Waals surface area contributed by atoms with Gasteiger partial charge in [0.15, 0.2) is 0 Å².